The second-order valence-corrected chi connectivity index (χ2v) is 9.82. The van der Waals surface area contributed by atoms with E-state index in [4.69, 9.17) is 0 Å². The lowest BCUT2D eigenvalue weighted by Gasteiger charge is -2.26. The fourth-order valence-electron chi connectivity index (χ4n) is 3.64. The van der Waals surface area contributed by atoms with Gasteiger partial charge in [-0.25, -0.2) is 8.42 Å². The van der Waals surface area contributed by atoms with Gasteiger partial charge in [0.15, 0.2) is 0 Å². The number of aryl methyl sites for hydroxylation is 1. The zero-order chi connectivity index (χ0) is 21.6. The van der Waals surface area contributed by atoms with Crippen LogP contribution in [0.5, 0.6) is 0 Å². The van der Waals surface area contributed by atoms with Crippen LogP contribution in [0.1, 0.15) is 41.6 Å². The van der Waals surface area contributed by atoms with E-state index >= 15 is 0 Å². The lowest BCUT2D eigenvalue weighted by molar-refractivity contribution is 0.0951. The molecule has 0 atom stereocenters. The Labute approximate surface area is 179 Å². The van der Waals surface area contributed by atoms with E-state index in [2.05, 4.69) is 10.2 Å². The number of sulfonamides is 1. The number of hydrogen-bond donors (Lipinski definition) is 1. The van der Waals surface area contributed by atoms with Gasteiger partial charge >= 0.3 is 0 Å². The van der Waals surface area contributed by atoms with Crippen LogP contribution in [0.2, 0.25) is 0 Å². The van der Waals surface area contributed by atoms with Crippen molar-refractivity contribution in [1.29, 1.82) is 0 Å². The molecule has 0 spiro atoms. The Hall–Kier alpha value is -2.38. The Morgan fingerprint density at radius 1 is 1.07 bits per heavy atom. The minimum Gasteiger partial charge on any atom is -0.352 e. The van der Waals surface area contributed by atoms with Gasteiger partial charge in [-0.05, 0) is 76.2 Å². The summed E-state index contributed by atoms with van der Waals surface area (Å²) in [6.45, 7) is 5.82. The molecule has 1 N–H and O–H groups in total. The van der Waals surface area contributed by atoms with E-state index in [9.17, 15) is 13.2 Å². The lowest BCUT2D eigenvalue weighted by Crippen LogP contribution is -2.33. The van der Waals surface area contributed by atoms with Crippen LogP contribution in [0.25, 0.3) is 0 Å². The Morgan fingerprint density at radius 2 is 1.77 bits per heavy atom. The van der Waals surface area contributed by atoms with E-state index in [0.717, 1.165) is 31.6 Å². The largest absolute Gasteiger partial charge is 0.352 e. The number of benzene rings is 2. The average molecular weight is 430 g/mol. The van der Waals surface area contributed by atoms with Crippen molar-refractivity contribution >= 4 is 21.6 Å². The first-order valence-corrected chi connectivity index (χ1v) is 12.0. The van der Waals surface area contributed by atoms with Crippen molar-refractivity contribution in [1.82, 2.24) is 10.2 Å². The smallest absolute Gasteiger partial charge is 0.264 e. The number of anilines is 1. The molecule has 1 saturated heterocycles. The maximum absolute atomic E-state index is 12.9. The molecular weight excluding hydrogens is 398 g/mol. The number of piperidine rings is 1. The number of amides is 1. The van der Waals surface area contributed by atoms with E-state index in [-0.39, 0.29) is 10.8 Å². The molecule has 1 amide bonds. The van der Waals surface area contributed by atoms with Gasteiger partial charge in [0.25, 0.3) is 15.9 Å². The second-order valence-electron chi connectivity index (χ2n) is 7.85. The number of rotatable bonds is 8. The first kappa shape index (κ1) is 22.3. The van der Waals surface area contributed by atoms with Crippen molar-refractivity contribution in [3.63, 3.8) is 0 Å². The highest BCUT2D eigenvalue weighted by Crippen LogP contribution is 2.23. The lowest BCUT2D eigenvalue weighted by atomic mass is 10.1. The average Bonchev–Trinajstić information content (AvgIpc) is 2.77. The number of nitrogens with one attached hydrogen (secondary N) is 1. The van der Waals surface area contributed by atoms with Gasteiger partial charge in [-0.2, -0.15) is 0 Å². The molecule has 7 heteroatoms. The Kier molecular flexibility index (Phi) is 7.50. The summed E-state index contributed by atoms with van der Waals surface area (Å²) in [6, 6.07) is 13.5. The Morgan fingerprint density at radius 3 is 2.47 bits per heavy atom. The molecule has 30 heavy (non-hydrogen) atoms. The molecule has 0 aromatic heterocycles. The van der Waals surface area contributed by atoms with Crippen LogP contribution in [-0.4, -0.2) is 52.5 Å². The number of likely N-dealkylation sites (tertiary alicyclic amines) is 1. The van der Waals surface area contributed by atoms with Crippen LogP contribution >= 0.6 is 0 Å². The molecule has 6 nitrogen and oxygen atoms in total. The van der Waals surface area contributed by atoms with Gasteiger partial charge in [0.05, 0.1) is 10.6 Å². The normalized spacial score (nSPS) is 15.0. The van der Waals surface area contributed by atoms with Crippen molar-refractivity contribution in [2.45, 2.75) is 37.5 Å². The van der Waals surface area contributed by atoms with E-state index < -0.39 is 10.0 Å². The van der Waals surface area contributed by atoms with Crippen LogP contribution in [0, 0.1) is 6.92 Å². The number of carbonyl (C=O) groups is 1. The summed E-state index contributed by atoms with van der Waals surface area (Å²) >= 11 is 0. The van der Waals surface area contributed by atoms with Crippen molar-refractivity contribution in [2.24, 2.45) is 0 Å². The van der Waals surface area contributed by atoms with Crippen molar-refractivity contribution in [3.05, 3.63) is 59.7 Å². The quantitative estimate of drug-likeness (QED) is 0.653. The van der Waals surface area contributed by atoms with E-state index in [1.807, 2.05) is 6.92 Å². The molecule has 0 radical (unpaired) electrons. The number of carbonyl (C=O) groups excluding carboxylic acids is 1. The van der Waals surface area contributed by atoms with Gasteiger partial charge in [-0.3, -0.25) is 9.10 Å². The van der Waals surface area contributed by atoms with Crippen molar-refractivity contribution < 1.29 is 13.2 Å². The fraction of sp³-hybridized carbons (Fsp3) is 0.435. The summed E-state index contributed by atoms with van der Waals surface area (Å²) in [7, 11) is -2.18. The maximum atomic E-state index is 12.9. The molecule has 2 aromatic carbocycles. The van der Waals surface area contributed by atoms with Gasteiger partial charge in [0, 0.05) is 19.2 Å². The monoisotopic (exact) mass is 429 g/mol. The molecule has 0 unspecified atom stereocenters. The topological polar surface area (TPSA) is 69.7 Å². The molecule has 0 aliphatic carbocycles. The zero-order valence-electron chi connectivity index (χ0n) is 17.8. The summed E-state index contributed by atoms with van der Waals surface area (Å²) in [5.41, 5.74) is 1.91. The molecule has 3 rings (SSSR count). The van der Waals surface area contributed by atoms with E-state index in [1.54, 1.807) is 48.5 Å². The van der Waals surface area contributed by atoms with Crippen molar-refractivity contribution in [2.75, 3.05) is 37.5 Å². The minimum atomic E-state index is -3.69. The molecule has 1 aliphatic rings. The summed E-state index contributed by atoms with van der Waals surface area (Å²) < 4.78 is 27.0. The predicted molar refractivity (Wildman–Crippen MR) is 120 cm³/mol. The van der Waals surface area contributed by atoms with Crippen LogP contribution in [-0.2, 0) is 10.0 Å². The SMILES string of the molecule is Cc1ccc(S(=O)(=O)N(C)c2cccc(C(=O)NCCCN3CCCCC3)c2)cc1. The number of nitrogens with zero attached hydrogens (tertiary/aromatic N) is 2. The standard InChI is InChI=1S/C23H31N3O3S/c1-19-10-12-22(13-11-19)30(28,29)25(2)21-9-6-8-20(18-21)23(27)24-14-7-17-26-15-4-3-5-16-26/h6,8-13,18H,3-5,7,14-17H2,1-2H3,(H,24,27). The van der Waals surface area contributed by atoms with Crippen LogP contribution in [0.15, 0.2) is 53.4 Å². The molecule has 0 bridgehead atoms. The van der Waals surface area contributed by atoms with Gasteiger partial charge < -0.3 is 10.2 Å². The van der Waals surface area contributed by atoms with Gasteiger partial charge in [-0.1, -0.05) is 30.2 Å². The molecular formula is C23H31N3O3S. The highest BCUT2D eigenvalue weighted by molar-refractivity contribution is 7.92. The molecule has 1 fully saturated rings. The Bertz CT molecular complexity index is 952. The van der Waals surface area contributed by atoms with E-state index in [0.29, 0.717) is 17.8 Å². The molecule has 1 aliphatic heterocycles. The first-order valence-electron chi connectivity index (χ1n) is 10.5. The summed E-state index contributed by atoms with van der Waals surface area (Å²) in [5, 5.41) is 2.95. The van der Waals surface area contributed by atoms with Gasteiger partial charge in [0.1, 0.15) is 0 Å². The molecule has 162 valence electrons. The Balaban J connectivity index is 1.60. The van der Waals surface area contributed by atoms with Gasteiger partial charge in [-0.15, -0.1) is 0 Å². The summed E-state index contributed by atoms with van der Waals surface area (Å²) in [5.74, 6) is -0.184. The third-order valence-electron chi connectivity index (χ3n) is 5.54. The minimum absolute atomic E-state index is 0.184. The highest BCUT2D eigenvalue weighted by Gasteiger charge is 2.22. The highest BCUT2D eigenvalue weighted by atomic mass is 32.2. The van der Waals surface area contributed by atoms with Crippen LogP contribution in [0.3, 0.4) is 0 Å². The fourth-order valence-corrected chi connectivity index (χ4v) is 4.83. The van der Waals surface area contributed by atoms with E-state index in [1.165, 1.54) is 30.6 Å². The first-order chi connectivity index (χ1) is 14.4. The predicted octanol–water partition coefficient (Wildman–Crippen LogP) is 3.43. The third kappa shape index (κ3) is 5.61. The van der Waals surface area contributed by atoms with Crippen LogP contribution < -0.4 is 9.62 Å². The zero-order valence-corrected chi connectivity index (χ0v) is 18.6. The van der Waals surface area contributed by atoms with Crippen molar-refractivity contribution in [3.8, 4) is 0 Å². The van der Waals surface area contributed by atoms with Crippen LogP contribution in [0.4, 0.5) is 5.69 Å². The summed E-state index contributed by atoms with van der Waals surface area (Å²) in [4.78, 5) is 15.2. The molecule has 1 heterocycles. The second kappa shape index (κ2) is 10.1. The van der Waals surface area contributed by atoms with Gasteiger partial charge in [0.2, 0.25) is 0 Å². The summed E-state index contributed by atoms with van der Waals surface area (Å²) in [6.07, 6.45) is 4.75. The third-order valence-corrected chi connectivity index (χ3v) is 7.34. The molecule has 0 saturated carbocycles. The number of hydrogen-bond acceptors (Lipinski definition) is 4. The maximum Gasteiger partial charge on any atom is 0.264 e. The molecule has 2 aromatic rings.